The first-order valence-corrected chi connectivity index (χ1v) is 9.22. The van der Waals surface area contributed by atoms with Gasteiger partial charge in [-0.1, -0.05) is 32.9 Å². The normalized spacial score (nSPS) is 13.8. The number of benzene rings is 2. The minimum atomic E-state index is -0.322. The minimum Gasteiger partial charge on any atom is -0.489 e. The molecule has 0 saturated carbocycles. The lowest BCUT2D eigenvalue weighted by Crippen LogP contribution is -2.10. The highest BCUT2D eigenvalue weighted by Crippen LogP contribution is 2.29. The molecule has 2 aromatic carbocycles. The van der Waals surface area contributed by atoms with Crippen molar-refractivity contribution in [3.05, 3.63) is 75.1 Å². The fraction of sp³-hybridized carbons (Fsp3) is 0.348. The summed E-state index contributed by atoms with van der Waals surface area (Å²) in [6, 6.07) is 13.9. The van der Waals surface area contributed by atoms with Gasteiger partial charge < -0.3 is 9.15 Å². The predicted octanol–water partition coefficient (Wildman–Crippen LogP) is 5.16. The minimum absolute atomic E-state index is 0.119. The second-order valence-corrected chi connectivity index (χ2v) is 8.12. The van der Waals surface area contributed by atoms with E-state index in [4.69, 9.17) is 9.15 Å². The summed E-state index contributed by atoms with van der Waals surface area (Å²) >= 11 is 0. The van der Waals surface area contributed by atoms with Crippen molar-refractivity contribution in [2.75, 3.05) is 0 Å². The van der Waals surface area contributed by atoms with E-state index in [-0.39, 0.29) is 11.0 Å². The molecule has 134 valence electrons. The zero-order valence-electron chi connectivity index (χ0n) is 15.6. The smallest absolute Gasteiger partial charge is 0.336 e. The number of aryl methyl sites for hydroxylation is 2. The van der Waals surface area contributed by atoms with E-state index in [1.807, 2.05) is 18.2 Å². The Bertz CT molecular complexity index is 1000. The van der Waals surface area contributed by atoms with Gasteiger partial charge in [0.15, 0.2) is 0 Å². The molecule has 0 saturated heterocycles. The molecule has 0 atom stereocenters. The number of hydrogen-bond acceptors (Lipinski definition) is 3. The third-order valence-electron chi connectivity index (χ3n) is 5.16. The summed E-state index contributed by atoms with van der Waals surface area (Å²) in [5, 5.41) is 0.983. The first-order chi connectivity index (χ1) is 12.4. The summed E-state index contributed by atoms with van der Waals surface area (Å²) in [4.78, 5) is 11.9. The molecule has 3 aromatic rings. The molecule has 0 aliphatic heterocycles. The Hall–Kier alpha value is -2.55. The van der Waals surface area contributed by atoms with Gasteiger partial charge in [0.2, 0.25) is 0 Å². The third kappa shape index (κ3) is 3.26. The fourth-order valence-corrected chi connectivity index (χ4v) is 3.63. The van der Waals surface area contributed by atoms with Crippen LogP contribution in [0.1, 0.15) is 49.4 Å². The molecule has 1 heterocycles. The van der Waals surface area contributed by atoms with Crippen molar-refractivity contribution in [3.63, 3.8) is 0 Å². The number of fused-ring (bicyclic) bond motifs is 2. The third-order valence-corrected chi connectivity index (χ3v) is 5.16. The highest BCUT2D eigenvalue weighted by atomic mass is 16.5. The van der Waals surface area contributed by atoms with Crippen LogP contribution in [0.2, 0.25) is 0 Å². The second kappa shape index (κ2) is 6.31. The van der Waals surface area contributed by atoms with Crippen LogP contribution in [0.5, 0.6) is 5.75 Å². The van der Waals surface area contributed by atoms with Crippen LogP contribution in [0.4, 0.5) is 0 Å². The van der Waals surface area contributed by atoms with Crippen LogP contribution >= 0.6 is 0 Å². The Morgan fingerprint density at radius 2 is 1.69 bits per heavy atom. The van der Waals surface area contributed by atoms with Gasteiger partial charge in [0, 0.05) is 17.0 Å². The molecule has 0 radical (unpaired) electrons. The Balaban J connectivity index is 1.62. The molecule has 1 aromatic heterocycles. The van der Waals surface area contributed by atoms with E-state index in [9.17, 15) is 4.79 Å². The molecule has 1 aliphatic carbocycles. The number of hydrogen-bond donors (Lipinski definition) is 0. The largest absolute Gasteiger partial charge is 0.489 e. The lowest BCUT2D eigenvalue weighted by molar-refractivity contribution is 0.306. The van der Waals surface area contributed by atoms with E-state index >= 15 is 0 Å². The molecule has 4 rings (SSSR count). The second-order valence-electron chi connectivity index (χ2n) is 8.12. The zero-order valence-corrected chi connectivity index (χ0v) is 15.6. The molecule has 0 N–H and O–H groups in total. The SMILES string of the molecule is CC(C)(C)c1ccc(OCc2cc(=O)oc3cc4c(cc23)CCC4)cc1. The van der Waals surface area contributed by atoms with E-state index in [0.717, 1.165) is 29.5 Å². The topological polar surface area (TPSA) is 39.4 Å². The van der Waals surface area contributed by atoms with E-state index in [1.165, 1.54) is 23.1 Å². The van der Waals surface area contributed by atoms with Crippen LogP contribution in [0.3, 0.4) is 0 Å². The lowest BCUT2D eigenvalue weighted by Gasteiger charge is -2.19. The van der Waals surface area contributed by atoms with Crippen LogP contribution in [0.25, 0.3) is 11.0 Å². The van der Waals surface area contributed by atoms with E-state index < -0.39 is 0 Å². The van der Waals surface area contributed by atoms with Crippen molar-refractivity contribution >= 4 is 11.0 Å². The molecular formula is C23H24O3. The summed E-state index contributed by atoms with van der Waals surface area (Å²) in [5.74, 6) is 0.806. The number of ether oxygens (including phenoxy) is 1. The fourth-order valence-electron chi connectivity index (χ4n) is 3.63. The maximum Gasteiger partial charge on any atom is 0.336 e. The van der Waals surface area contributed by atoms with Gasteiger partial charge in [0.25, 0.3) is 0 Å². The summed E-state index contributed by atoms with van der Waals surface area (Å²) in [5.41, 5.74) is 5.28. The van der Waals surface area contributed by atoms with Crippen LogP contribution in [0.15, 0.2) is 51.7 Å². The molecule has 3 nitrogen and oxygen atoms in total. The molecule has 1 aliphatic rings. The Labute approximate surface area is 153 Å². The van der Waals surface area contributed by atoms with Crippen LogP contribution < -0.4 is 10.4 Å². The Morgan fingerprint density at radius 1 is 1.00 bits per heavy atom. The van der Waals surface area contributed by atoms with Gasteiger partial charge in [-0.2, -0.15) is 0 Å². The average molecular weight is 348 g/mol. The van der Waals surface area contributed by atoms with Gasteiger partial charge in [-0.15, -0.1) is 0 Å². The first-order valence-electron chi connectivity index (χ1n) is 9.22. The quantitative estimate of drug-likeness (QED) is 0.614. The highest BCUT2D eigenvalue weighted by molar-refractivity contribution is 5.82. The van der Waals surface area contributed by atoms with Crippen molar-refractivity contribution in [2.24, 2.45) is 0 Å². The summed E-state index contributed by atoms with van der Waals surface area (Å²) in [6.07, 6.45) is 3.33. The molecule has 3 heteroatoms. The summed E-state index contributed by atoms with van der Waals surface area (Å²) < 4.78 is 11.4. The van der Waals surface area contributed by atoms with Gasteiger partial charge >= 0.3 is 5.63 Å². The zero-order chi connectivity index (χ0) is 18.3. The van der Waals surface area contributed by atoms with Gasteiger partial charge in [-0.25, -0.2) is 4.79 Å². The molecule has 0 spiro atoms. The van der Waals surface area contributed by atoms with Crippen molar-refractivity contribution < 1.29 is 9.15 Å². The molecule has 0 unspecified atom stereocenters. The van der Waals surface area contributed by atoms with Crippen LogP contribution in [0, 0.1) is 0 Å². The Kier molecular flexibility index (Phi) is 4.10. The maximum atomic E-state index is 11.9. The van der Waals surface area contributed by atoms with Gasteiger partial charge in [-0.3, -0.25) is 0 Å². The van der Waals surface area contributed by atoms with Gasteiger partial charge in [0.1, 0.15) is 17.9 Å². The van der Waals surface area contributed by atoms with Gasteiger partial charge in [0.05, 0.1) is 0 Å². The van der Waals surface area contributed by atoms with E-state index in [2.05, 4.69) is 39.0 Å². The van der Waals surface area contributed by atoms with Crippen molar-refractivity contribution in [1.82, 2.24) is 0 Å². The Morgan fingerprint density at radius 3 is 2.38 bits per heavy atom. The molecule has 0 bridgehead atoms. The van der Waals surface area contributed by atoms with Crippen LogP contribution in [-0.2, 0) is 24.9 Å². The molecule has 0 amide bonds. The highest BCUT2D eigenvalue weighted by Gasteiger charge is 2.16. The summed E-state index contributed by atoms with van der Waals surface area (Å²) in [6.45, 7) is 6.93. The van der Waals surface area contributed by atoms with Crippen molar-refractivity contribution in [3.8, 4) is 5.75 Å². The van der Waals surface area contributed by atoms with E-state index in [0.29, 0.717) is 12.2 Å². The number of rotatable bonds is 3. The van der Waals surface area contributed by atoms with Crippen molar-refractivity contribution in [1.29, 1.82) is 0 Å². The first kappa shape index (κ1) is 16.9. The van der Waals surface area contributed by atoms with Crippen LogP contribution in [-0.4, -0.2) is 0 Å². The molecule has 0 fully saturated rings. The van der Waals surface area contributed by atoms with Gasteiger partial charge in [-0.05, 0) is 65.6 Å². The molecule has 26 heavy (non-hydrogen) atoms. The van der Waals surface area contributed by atoms with Crippen molar-refractivity contribution in [2.45, 2.75) is 52.1 Å². The molecular weight excluding hydrogens is 324 g/mol. The standard InChI is InChI=1S/C23H24O3/c1-23(2,3)18-7-9-19(10-8-18)25-14-17-13-22(24)26-21-12-16-6-4-5-15(16)11-20(17)21/h7-13H,4-6,14H2,1-3H3. The monoisotopic (exact) mass is 348 g/mol. The maximum absolute atomic E-state index is 11.9. The summed E-state index contributed by atoms with van der Waals surface area (Å²) in [7, 11) is 0. The lowest BCUT2D eigenvalue weighted by atomic mass is 9.87. The predicted molar refractivity (Wildman–Crippen MR) is 104 cm³/mol. The average Bonchev–Trinajstić information content (AvgIpc) is 3.04. The van der Waals surface area contributed by atoms with E-state index in [1.54, 1.807) is 6.07 Å².